The maximum atomic E-state index is 14.4. The van der Waals surface area contributed by atoms with Crippen LogP contribution in [0.1, 0.15) is 16.5 Å². The molecule has 1 saturated heterocycles. The fourth-order valence-electron chi connectivity index (χ4n) is 4.57. The summed E-state index contributed by atoms with van der Waals surface area (Å²) in [5.74, 6) is 0.840. The predicted octanol–water partition coefficient (Wildman–Crippen LogP) is 5.57. The smallest absolute Gasteiger partial charge is 0.230 e. The van der Waals surface area contributed by atoms with Gasteiger partial charge in [0.1, 0.15) is 5.82 Å². The lowest BCUT2D eigenvalue weighted by atomic mass is 10.0. The van der Waals surface area contributed by atoms with Crippen molar-refractivity contribution in [1.82, 2.24) is 19.5 Å². The molecule has 6 rings (SSSR count). The molecule has 1 N–H and O–H groups in total. The van der Waals surface area contributed by atoms with Gasteiger partial charge in [0, 0.05) is 30.7 Å². The van der Waals surface area contributed by atoms with Crippen LogP contribution in [0.25, 0.3) is 16.5 Å². The second-order valence-electron chi connectivity index (χ2n) is 8.33. The van der Waals surface area contributed by atoms with E-state index in [2.05, 4.69) is 47.9 Å². The van der Waals surface area contributed by atoms with Gasteiger partial charge in [0.25, 0.3) is 0 Å². The lowest BCUT2D eigenvalue weighted by Gasteiger charge is -2.40. The van der Waals surface area contributed by atoms with Crippen molar-refractivity contribution >= 4 is 37.9 Å². The highest BCUT2D eigenvalue weighted by atomic mass is 79.9. The number of hydrogen-bond acceptors (Lipinski definition) is 7. The molecule has 1 atom stereocenters. The number of halogens is 2. The molecule has 7 nitrogen and oxygen atoms in total. The number of benzene rings is 2. The standard InChI is InChI=1S/C25H21BrFN5O2S/c26-17-6-3-5-16(15-17)21(31-12-10-30(11-13-31)19-8-2-1-7-18(19)27)22-24(33)32-25(35-22)28-23(29-32)20-9-4-14-34-20/h1-9,14-15,21,33H,10-13H2/t21-/m0/s1. The Kier molecular flexibility index (Phi) is 5.79. The third kappa shape index (κ3) is 4.11. The van der Waals surface area contributed by atoms with E-state index in [1.165, 1.54) is 21.9 Å². The highest BCUT2D eigenvalue weighted by molar-refractivity contribution is 9.10. The number of furan rings is 1. The molecule has 0 radical (unpaired) electrons. The van der Waals surface area contributed by atoms with E-state index < -0.39 is 0 Å². The van der Waals surface area contributed by atoms with Crippen molar-refractivity contribution in [2.75, 3.05) is 31.1 Å². The van der Waals surface area contributed by atoms with E-state index in [9.17, 15) is 9.50 Å². The first-order valence-corrected chi connectivity index (χ1v) is 12.8. The van der Waals surface area contributed by atoms with Crippen LogP contribution < -0.4 is 4.90 Å². The summed E-state index contributed by atoms with van der Waals surface area (Å²) >= 11 is 5.00. The van der Waals surface area contributed by atoms with Crippen LogP contribution in [0.4, 0.5) is 10.1 Å². The van der Waals surface area contributed by atoms with Crippen molar-refractivity contribution in [3.8, 4) is 17.5 Å². The summed E-state index contributed by atoms with van der Waals surface area (Å²) in [6.07, 6.45) is 1.57. The van der Waals surface area contributed by atoms with Gasteiger partial charge >= 0.3 is 0 Å². The van der Waals surface area contributed by atoms with E-state index in [0.29, 0.717) is 48.4 Å². The molecule has 4 heterocycles. The lowest BCUT2D eigenvalue weighted by Crippen LogP contribution is -2.48. The third-order valence-electron chi connectivity index (χ3n) is 6.23. The van der Waals surface area contributed by atoms with Crippen LogP contribution in [0, 0.1) is 5.82 Å². The van der Waals surface area contributed by atoms with E-state index in [1.54, 1.807) is 24.5 Å². The summed E-state index contributed by atoms with van der Waals surface area (Å²) < 4.78 is 22.2. The molecular formula is C25H21BrFN5O2S. The van der Waals surface area contributed by atoms with Crippen molar-refractivity contribution in [1.29, 1.82) is 0 Å². The van der Waals surface area contributed by atoms with Gasteiger partial charge in [-0.1, -0.05) is 51.5 Å². The highest BCUT2D eigenvalue weighted by Gasteiger charge is 2.32. The molecule has 1 aliphatic heterocycles. The lowest BCUT2D eigenvalue weighted by molar-refractivity contribution is 0.210. The molecule has 35 heavy (non-hydrogen) atoms. The Balaban J connectivity index is 1.35. The average Bonchev–Trinajstić information content (AvgIpc) is 3.59. The number of rotatable bonds is 5. The third-order valence-corrected chi connectivity index (χ3v) is 7.79. The number of aromatic hydroxyl groups is 1. The molecule has 1 aliphatic rings. The monoisotopic (exact) mass is 553 g/mol. The van der Waals surface area contributed by atoms with Crippen molar-refractivity contribution < 1.29 is 13.9 Å². The molecule has 0 saturated carbocycles. The number of hydrogen-bond donors (Lipinski definition) is 1. The molecule has 0 unspecified atom stereocenters. The number of anilines is 1. The topological polar surface area (TPSA) is 70.0 Å². The summed E-state index contributed by atoms with van der Waals surface area (Å²) in [5, 5.41) is 15.7. The molecule has 2 aromatic carbocycles. The second-order valence-corrected chi connectivity index (χ2v) is 10.3. The van der Waals surface area contributed by atoms with Gasteiger partial charge in [-0.05, 0) is 42.0 Å². The fraction of sp³-hybridized carbons (Fsp3) is 0.200. The predicted molar refractivity (Wildman–Crippen MR) is 136 cm³/mol. The Morgan fingerprint density at radius 3 is 2.57 bits per heavy atom. The summed E-state index contributed by atoms with van der Waals surface area (Å²) in [6, 6.07) is 18.3. The van der Waals surface area contributed by atoms with E-state index in [1.807, 2.05) is 24.3 Å². The summed E-state index contributed by atoms with van der Waals surface area (Å²) in [6.45, 7) is 2.76. The van der Waals surface area contributed by atoms with Gasteiger partial charge in [-0.3, -0.25) is 4.90 Å². The average molecular weight is 554 g/mol. The number of fused-ring (bicyclic) bond motifs is 1. The first-order chi connectivity index (χ1) is 17.1. The number of aromatic nitrogens is 3. The van der Waals surface area contributed by atoms with E-state index >= 15 is 0 Å². The van der Waals surface area contributed by atoms with Gasteiger partial charge in [0.15, 0.2) is 5.76 Å². The zero-order valence-corrected chi connectivity index (χ0v) is 20.9. The molecule has 0 aliphatic carbocycles. The van der Waals surface area contributed by atoms with Crippen molar-refractivity contribution in [2.45, 2.75) is 6.04 Å². The van der Waals surface area contributed by atoms with Crippen LogP contribution in [0.5, 0.6) is 5.88 Å². The van der Waals surface area contributed by atoms with E-state index in [4.69, 9.17) is 4.42 Å². The largest absolute Gasteiger partial charge is 0.492 e. The van der Waals surface area contributed by atoms with Crippen LogP contribution >= 0.6 is 27.3 Å². The van der Waals surface area contributed by atoms with E-state index in [-0.39, 0.29) is 17.7 Å². The Morgan fingerprint density at radius 1 is 1.03 bits per heavy atom. The molecule has 3 aromatic heterocycles. The molecule has 10 heteroatoms. The van der Waals surface area contributed by atoms with Gasteiger partial charge in [0.2, 0.25) is 16.7 Å². The Labute approximate surface area is 213 Å². The molecular weight excluding hydrogens is 533 g/mol. The molecule has 0 spiro atoms. The first-order valence-electron chi connectivity index (χ1n) is 11.2. The summed E-state index contributed by atoms with van der Waals surface area (Å²) in [5.41, 5.74) is 1.67. The van der Waals surface area contributed by atoms with Crippen LogP contribution in [0.15, 0.2) is 75.8 Å². The maximum absolute atomic E-state index is 14.4. The van der Waals surface area contributed by atoms with E-state index in [0.717, 1.165) is 14.9 Å². The van der Waals surface area contributed by atoms with Crippen molar-refractivity contribution in [3.05, 3.63) is 87.7 Å². The minimum Gasteiger partial charge on any atom is -0.492 e. The number of para-hydroxylation sites is 1. The number of thiazole rings is 1. The normalized spacial score (nSPS) is 15.7. The fourth-order valence-corrected chi connectivity index (χ4v) is 6.11. The minimum absolute atomic E-state index is 0.0665. The van der Waals surface area contributed by atoms with Crippen LogP contribution in [-0.4, -0.2) is 50.8 Å². The molecule has 178 valence electrons. The van der Waals surface area contributed by atoms with Crippen molar-refractivity contribution in [3.63, 3.8) is 0 Å². The first kappa shape index (κ1) is 22.3. The number of piperazine rings is 1. The second kappa shape index (κ2) is 9.10. The van der Waals surface area contributed by atoms with Gasteiger partial charge < -0.3 is 14.4 Å². The van der Waals surface area contributed by atoms with Gasteiger partial charge in [0.05, 0.1) is 22.9 Å². The zero-order chi connectivity index (χ0) is 23.9. The van der Waals surface area contributed by atoms with Crippen molar-refractivity contribution in [2.24, 2.45) is 0 Å². The maximum Gasteiger partial charge on any atom is 0.230 e. The van der Waals surface area contributed by atoms with Crippen LogP contribution in [0.3, 0.4) is 0 Å². The van der Waals surface area contributed by atoms with Crippen LogP contribution in [0.2, 0.25) is 0 Å². The number of nitrogens with zero attached hydrogens (tertiary/aromatic N) is 5. The Bertz CT molecular complexity index is 1480. The van der Waals surface area contributed by atoms with Gasteiger partial charge in [-0.15, -0.1) is 5.10 Å². The quantitative estimate of drug-likeness (QED) is 0.307. The molecule has 0 amide bonds. The summed E-state index contributed by atoms with van der Waals surface area (Å²) in [7, 11) is 0. The van der Waals surface area contributed by atoms with Gasteiger partial charge in [-0.25, -0.2) is 4.39 Å². The molecule has 5 aromatic rings. The van der Waals surface area contributed by atoms with Gasteiger partial charge in [-0.2, -0.15) is 9.50 Å². The SMILES string of the molecule is Oc1c([C@H](c2cccc(Br)c2)N2CCN(c3ccccc3F)CC2)sc2nc(-c3ccco3)nn12. The zero-order valence-electron chi connectivity index (χ0n) is 18.5. The summed E-state index contributed by atoms with van der Waals surface area (Å²) in [4.78, 5) is 10.3. The molecule has 1 fully saturated rings. The Hall–Kier alpha value is -3.21. The van der Waals surface area contributed by atoms with Crippen LogP contribution in [-0.2, 0) is 0 Å². The Morgan fingerprint density at radius 2 is 1.86 bits per heavy atom. The highest BCUT2D eigenvalue weighted by Crippen LogP contribution is 2.41. The molecule has 0 bridgehead atoms. The minimum atomic E-state index is -0.208.